The normalized spacial score (nSPS) is 14.3. The van der Waals surface area contributed by atoms with Crippen molar-refractivity contribution in [3.63, 3.8) is 0 Å². The monoisotopic (exact) mass is 366 g/mol. The van der Waals surface area contributed by atoms with Crippen molar-refractivity contribution in [1.29, 1.82) is 0 Å². The largest absolute Gasteiger partial charge is 0.338 e. The van der Waals surface area contributed by atoms with Gasteiger partial charge in [0.1, 0.15) is 5.82 Å². The van der Waals surface area contributed by atoms with E-state index in [0.717, 1.165) is 24.1 Å². The van der Waals surface area contributed by atoms with E-state index in [2.05, 4.69) is 12.2 Å². The summed E-state index contributed by atoms with van der Waals surface area (Å²) < 4.78 is 14.0. The Kier molecular flexibility index (Phi) is 5.40. The van der Waals surface area contributed by atoms with Crippen molar-refractivity contribution in [2.75, 3.05) is 18.4 Å². The third kappa shape index (κ3) is 4.08. The highest BCUT2D eigenvalue weighted by atomic mass is 19.1. The zero-order chi connectivity index (χ0) is 19.6. The summed E-state index contributed by atoms with van der Waals surface area (Å²) in [5.41, 5.74) is 4.69. The number of carbonyl (C=O) groups excluding carboxylic acids is 2. The van der Waals surface area contributed by atoms with Gasteiger partial charge in [0.15, 0.2) is 0 Å². The summed E-state index contributed by atoms with van der Waals surface area (Å²) in [5, 5.41) is 2.75. The number of carbonyl (C=O) groups is 2. The molecule has 2 amide bonds. The van der Waals surface area contributed by atoms with Crippen molar-refractivity contribution in [3.05, 3.63) is 70.5 Å². The maximum absolute atomic E-state index is 14.0. The SMILES string of the molecule is CC(=O)N1CCC(C)=C(c2ccc(NC(=O)c3c(C)cccc3F)cc2)C1. The van der Waals surface area contributed by atoms with Gasteiger partial charge in [-0.25, -0.2) is 4.39 Å². The third-order valence-corrected chi connectivity index (χ3v) is 5.01. The summed E-state index contributed by atoms with van der Waals surface area (Å²) in [6.45, 7) is 6.73. The number of anilines is 1. The Balaban J connectivity index is 1.78. The predicted molar refractivity (Wildman–Crippen MR) is 105 cm³/mol. The van der Waals surface area contributed by atoms with E-state index in [9.17, 15) is 14.0 Å². The van der Waals surface area contributed by atoms with Crippen LogP contribution in [-0.4, -0.2) is 29.8 Å². The lowest BCUT2D eigenvalue weighted by Gasteiger charge is -2.29. The summed E-state index contributed by atoms with van der Waals surface area (Å²) in [7, 11) is 0. The molecule has 2 aromatic carbocycles. The Morgan fingerprint density at radius 2 is 1.78 bits per heavy atom. The molecule has 0 saturated carbocycles. The Labute approximate surface area is 158 Å². The molecule has 0 bridgehead atoms. The van der Waals surface area contributed by atoms with Crippen LogP contribution in [0.5, 0.6) is 0 Å². The van der Waals surface area contributed by atoms with E-state index in [-0.39, 0.29) is 11.5 Å². The van der Waals surface area contributed by atoms with Crippen LogP contribution in [0, 0.1) is 12.7 Å². The van der Waals surface area contributed by atoms with Crippen LogP contribution in [0.3, 0.4) is 0 Å². The molecule has 3 rings (SSSR count). The first-order valence-electron chi connectivity index (χ1n) is 8.98. The van der Waals surface area contributed by atoms with Crippen molar-refractivity contribution in [1.82, 2.24) is 4.90 Å². The Bertz CT molecular complexity index is 896. The highest BCUT2D eigenvalue weighted by Gasteiger charge is 2.20. The molecule has 27 heavy (non-hydrogen) atoms. The van der Waals surface area contributed by atoms with Gasteiger partial charge >= 0.3 is 0 Å². The molecule has 0 aliphatic carbocycles. The fourth-order valence-corrected chi connectivity index (χ4v) is 3.33. The van der Waals surface area contributed by atoms with Crippen molar-refractivity contribution in [2.45, 2.75) is 27.2 Å². The molecular weight excluding hydrogens is 343 g/mol. The minimum Gasteiger partial charge on any atom is -0.338 e. The Morgan fingerprint density at radius 3 is 2.41 bits per heavy atom. The predicted octanol–water partition coefficient (Wildman–Crippen LogP) is 4.41. The van der Waals surface area contributed by atoms with Gasteiger partial charge in [-0.15, -0.1) is 0 Å². The molecule has 0 spiro atoms. The number of nitrogens with one attached hydrogen (secondary N) is 1. The number of hydrogen-bond acceptors (Lipinski definition) is 2. The number of benzene rings is 2. The van der Waals surface area contributed by atoms with E-state index in [0.29, 0.717) is 17.8 Å². The molecule has 0 radical (unpaired) electrons. The van der Waals surface area contributed by atoms with E-state index in [1.807, 2.05) is 17.0 Å². The zero-order valence-corrected chi connectivity index (χ0v) is 15.8. The average Bonchev–Trinajstić information content (AvgIpc) is 2.62. The number of nitrogens with zero attached hydrogens (tertiary/aromatic N) is 1. The number of rotatable bonds is 3. The van der Waals surface area contributed by atoms with Crippen LogP contribution in [0.1, 0.15) is 41.8 Å². The lowest BCUT2D eigenvalue weighted by molar-refractivity contribution is -0.128. The van der Waals surface area contributed by atoms with Crippen molar-refractivity contribution in [2.24, 2.45) is 0 Å². The molecule has 4 nitrogen and oxygen atoms in total. The summed E-state index contributed by atoms with van der Waals surface area (Å²) in [6, 6.07) is 12.0. The van der Waals surface area contributed by atoms with Gasteiger partial charge < -0.3 is 10.2 Å². The molecule has 0 unspecified atom stereocenters. The molecule has 1 aliphatic heterocycles. The number of halogens is 1. The van der Waals surface area contributed by atoms with Gasteiger partial charge in [-0.3, -0.25) is 9.59 Å². The lowest BCUT2D eigenvalue weighted by Crippen LogP contribution is -2.34. The van der Waals surface area contributed by atoms with Gasteiger partial charge in [-0.2, -0.15) is 0 Å². The van der Waals surface area contributed by atoms with Crippen LogP contribution < -0.4 is 5.32 Å². The molecule has 140 valence electrons. The van der Waals surface area contributed by atoms with Crippen LogP contribution in [-0.2, 0) is 4.79 Å². The summed E-state index contributed by atoms with van der Waals surface area (Å²) in [4.78, 5) is 25.9. The average molecular weight is 366 g/mol. The fraction of sp³-hybridized carbons (Fsp3) is 0.273. The van der Waals surface area contributed by atoms with Crippen LogP contribution in [0.15, 0.2) is 48.0 Å². The first-order chi connectivity index (χ1) is 12.9. The molecule has 5 heteroatoms. The molecule has 1 heterocycles. The maximum atomic E-state index is 14.0. The Morgan fingerprint density at radius 1 is 1.07 bits per heavy atom. The minimum absolute atomic E-state index is 0.0597. The third-order valence-electron chi connectivity index (χ3n) is 5.01. The molecule has 1 N–H and O–H groups in total. The molecule has 0 atom stereocenters. The lowest BCUT2D eigenvalue weighted by atomic mass is 9.95. The van der Waals surface area contributed by atoms with Gasteiger partial charge in [-0.05, 0) is 55.2 Å². The topological polar surface area (TPSA) is 49.4 Å². The van der Waals surface area contributed by atoms with Crippen LogP contribution >= 0.6 is 0 Å². The molecular formula is C22H23FN2O2. The van der Waals surface area contributed by atoms with E-state index < -0.39 is 11.7 Å². The van der Waals surface area contributed by atoms with Gasteiger partial charge in [0, 0.05) is 25.7 Å². The second kappa shape index (κ2) is 7.74. The summed E-state index contributed by atoms with van der Waals surface area (Å²) >= 11 is 0. The summed E-state index contributed by atoms with van der Waals surface area (Å²) in [5.74, 6) is -0.922. The van der Waals surface area contributed by atoms with E-state index in [1.54, 1.807) is 38.1 Å². The zero-order valence-electron chi connectivity index (χ0n) is 15.8. The quantitative estimate of drug-likeness (QED) is 0.875. The van der Waals surface area contributed by atoms with E-state index in [1.165, 1.54) is 11.6 Å². The molecule has 0 saturated heterocycles. The van der Waals surface area contributed by atoms with Crippen molar-refractivity contribution in [3.8, 4) is 0 Å². The van der Waals surface area contributed by atoms with Gasteiger partial charge in [-0.1, -0.05) is 29.8 Å². The van der Waals surface area contributed by atoms with Crippen molar-refractivity contribution >= 4 is 23.1 Å². The van der Waals surface area contributed by atoms with E-state index in [4.69, 9.17) is 0 Å². The van der Waals surface area contributed by atoms with Gasteiger partial charge in [0.25, 0.3) is 5.91 Å². The molecule has 1 aliphatic rings. The highest BCUT2D eigenvalue weighted by Crippen LogP contribution is 2.27. The van der Waals surface area contributed by atoms with Gasteiger partial charge in [0.05, 0.1) is 5.56 Å². The fourth-order valence-electron chi connectivity index (χ4n) is 3.33. The number of aryl methyl sites for hydroxylation is 1. The van der Waals surface area contributed by atoms with E-state index >= 15 is 0 Å². The Hall–Kier alpha value is -2.95. The maximum Gasteiger partial charge on any atom is 0.258 e. The molecule has 0 aromatic heterocycles. The molecule has 0 fully saturated rings. The van der Waals surface area contributed by atoms with Crippen LogP contribution in [0.25, 0.3) is 5.57 Å². The second-order valence-electron chi connectivity index (χ2n) is 6.91. The van der Waals surface area contributed by atoms with Crippen molar-refractivity contribution < 1.29 is 14.0 Å². The summed E-state index contributed by atoms with van der Waals surface area (Å²) in [6.07, 6.45) is 0.861. The minimum atomic E-state index is -0.531. The standard InChI is InChI=1S/C22H23FN2O2/c1-14-11-12-25(16(3)26)13-19(14)17-7-9-18(10-8-17)24-22(27)21-15(2)5-4-6-20(21)23/h4-10H,11-13H2,1-3H3,(H,24,27). The van der Waals surface area contributed by atoms with Gasteiger partial charge in [0.2, 0.25) is 5.91 Å². The highest BCUT2D eigenvalue weighted by molar-refractivity contribution is 6.05. The first-order valence-corrected chi connectivity index (χ1v) is 8.98. The van der Waals surface area contributed by atoms with Crippen LogP contribution in [0.2, 0.25) is 0 Å². The van der Waals surface area contributed by atoms with Crippen LogP contribution in [0.4, 0.5) is 10.1 Å². The number of amides is 2. The second-order valence-corrected chi connectivity index (χ2v) is 6.91. The molecule has 2 aromatic rings. The smallest absolute Gasteiger partial charge is 0.258 e. The number of hydrogen-bond donors (Lipinski definition) is 1. The first kappa shape index (κ1) is 18.8.